The zero-order valence-corrected chi connectivity index (χ0v) is 11.5. The fraction of sp³-hybridized carbons (Fsp3) is 0.250. The molecule has 0 radical (unpaired) electrons. The molecule has 0 fully saturated rings. The molecular formula is C12H11BrFNS. The summed E-state index contributed by atoms with van der Waals surface area (Å²) in [5.74, 6) is -0.201. The minimum Gasteiger partial charge on any atom is -0.229 e. The molecule has 0 amide bonds. The number of hydrogen-bond acceptors (Lipinski definition) is 2. The summed E-state index contributed by atoms with van der Waals surface area (Å²) in [6.07, 6.45) is 0.867. The molecule has 0 N–H and O–H groups in total. The second-order valence-corrected chi connectivity index (χ2v) is 5.94. The van der Waals surface area contributed by atoms with Crippen LogP contribution in [-0.2, 0) is 6.42 Å². The molecule has 0 spiro atoms. The Morgan fingerprint density at radius 3 is 2.81 bits per heavy atom. The summed E-state index contributed by atoms with van der Waals surface area (Å²) in [6, 6.07) is 5.25. The predicted octanol–water partition coefficient (Wildman–Crippen LogP) is 4.58. The highest BCUT2D eigenvalue weighted by Crippen LogP contribution is 2.33. The number of benzene rings is 1. The Morgan fingerprint density at radius 1 is 1.44 bits per heavy atom. The Balaban J connectivity index is 2.57. The molecule has 84 valence electrons. The molecule has 0 aliphatic heterocycles. The van der Waals surface area contributed by atoms with Gasteiger partial charge in [-0.25, -0.2) is 9.37 Å². The molecule has 16 heavy (non-hydrogen) atoms. The molecule has 0 saturated carbocycles. The normalized spacial score (nSPS) is 10.8. The quantitative estimate of drug-likeness (QED) is 0.791. The predicted molar refractivity (Wildman–Crippen MR) is 69.3 cm³/mol. The third-order valence-electron chi connectivity index (χ3n) is 2.37. The summed E-state index contributed by atoms with van der Waals surface area (Å²) in [6.45, 7) is 3.93. The molecule has 1 heterocycles. The summed E-state index contributed by atoms with van der Waals surface area (Å²) in [4.78, 5) is 5.44. The molecule has 0 aliphatic rings. The summed E-state index contributed by atoms with van der Waals surface area (Å²) in [7, 11) is 0. The van der Waals surface area contributed by atoms with E-state index >= 15 is 0 Å². The second-order valence-electron chi connectivity index (χ2n) is 3.58. The van der Waals surface area contributed by atoms with E-state index in [0.717, 1.165) is 26.5 Å². The van der Waals surface area contributed by atoms with Crippen LogP contribution in [0.5, 0.6) is 0 Å². The Morgan fingerprint density at radius 2 is 2.19 bits per heavy atom. The summed E-state index contributed by atoms with van der Waals surface area (Å²) in [5, 5.41) is 0. The van der Waals surface area contributed by atoms with Crippen LogP contribution in [0.1, 0.15) is 17.4 Å². The number of rotatable bonds is 2. The molecule has 1 aromatic carbocycles. The van der Waals surface area contributed by atoms with Crippen LogP contribution < -0.4 is 0 Å². The first-order valence-electron chi connectivity index (χ1n) is 5.03. The molecule has 0 aliphatic carbocycles. The van der Waals surface area contributed by atoms with Crippen molar-refractivity contribution in [2.24, 2.45) is 0 Å². The highest BCUT2D eigenvalue weighted by Gasteiger charge is 2.14. The molecule has 0 unspecified atom stereocenters. The van der Waals surface area contributed by atoms with Crippen molar-refractivity contribution in [3.8, 4) is 11.3 Å². The highest BCUT2D eigenvalue weighted by atomic mass is 79.9. The third kappa shape index (κ3) is 2.18. The van der Waals surface area contributed by atoms with Crippen molar-refractivity contribution in [3.05, 3.63) is 38.4 Å². The summed E-state index contributed by atoms with van der Waals surface area (Å²) < 4.78 is 14.6. The Labute approximate surface area is 106 Å². The Hall–Kier alpha value is -0.740. The van der Waals surface area contributed by atoms with E-state index in [-0.39, 0.29) is 5.82 Å². The lowest BCUT2D eigenvalue weighted by atomic mass is 10.1. The van der Waals surface area contributed by atoms with Gasteiger partial charge >= 0.3 is 0 Å². The van der Waals surface area contributed by atoms with Gasteiger partial charge < -0.3 is 0 Å². The van der Waals surface area contributed by atoms with Crippen LogP contribution in [0.25, 0.3) is 11.3 Å². The maximum Gasteiger partial charge on any atom is 0.160 e. The fourth-order valence-electron chi connectivity index (χ4n) is 1.59. The smallest absolute Gasteiger partial charge is 0.160 e. The van der Waals surface area contributed by atoms with Crippen LogP contribution in [-0.4, -0.2) is 4.98 Å². The van der Waals surface area contributed by atoms with Gasteiger partial charge in [0.05, 0.1) is 5.69 Å². The Kier molecular flexibility index (Phi) is 3.40. The maximum atomic E-state index is 13.8. The SMILES string of the molecule is CCc1sc(Br)nc1-c1ccc(C)cc1F. The molecule has 2 rings (SSSR count). The van der Waals surface area contributed by atoms with Gasteiger partial charge in [-0.1, -0.05) is 13.0 Å². The third-order valence-corrected chi connectivity index (χ3v) is 4.02. The minimum absolute atomic E-state index is 0.201. The van der Waals surface area contributed by atoms with Crippen molar-refractivity contribution >= 4 is 27.3 Å². The average Bonchev–Trinajstić information content (AvgIpc) is 2.59. The van der Waals surface area contributed by atoms with Crippen molar-refractivity contribution in [2.45, 2.75) is 20.3 Å². The van der Waals surface area contributed by atoms with Gasteiger partial charge in [0.15, 0.2) is 3.92 Å². The summed E-state index contributed by atoms with van der Waals surface area (Å²) >= 11 is 4.91. The van der Waals surface area contributed by atoms with Gasteiger partial charge in [-0.2, -0.15) is 0 Å². The monoisotopic (exact) mass is 299 g/mol. The van der Waals surface area contributed by atoms with Crippen molar-refractivity contribution in [3.63, 3.8) is 0 Å². The van der Waals surface area contributed by atoms with Crippen LogP contribution >= 0.6 is 27.3 Å². The van der Waals surface area contributed by atoms with E-state index in [1.807, 2.05) is 13.0 Å². The lowest BCUT2D eigenvalue weighted by molar-refractivity contribution is 0.629. The average molecular weight is 300 g/mol. The molecular weight excluding hydrogens is 289 g/mol. The van der Waals surface area contributed by atoms with Crippen LogP contribution in [0.15, 0.2) is 22.1 Å². The van der Waals surface area contributed by atoms with E-state index in [2.05, 4.69) is 27.8 Å². The lowest BCUT2D eigenvalue weighted by Crippen LogP contribution is -1.89. The van der Waals surface area contributed by atoms with E-state index < -0.39 is 0 Å². The van der Waals surface area contributed by atoms with Crippen LogP contribution in [0, 0.1) is 12.7 Å². The van der Waals surface area contributed by atoms with Gasteiger partial charge in [0, 0.05) is 10.4 Å². The molecule has 2 aromatic rings. The van der Waals surface area contributed by atoms with Crippen molar-refractivity contribution < 1.29 is 4.39 Å². The van der Waals surface area contributed by atoms with Crippen molar-refractivity contribution in [1.82, 2.24) is 4.98 Å². The molecule has 0 bridgehead atoms. The van der Waals surface area contributed by atoms with Gasteiger partial charge in [0.2, 0.25) is 0 Å². The van der Waals surface area contributed by atoms with Gasteiger partial charge in [0.1, 0.15) is 5.82 Å². The van der Waals surface area contributed by atoms with E-state index in [0.29, 0.717) is 5.56 Å². The van der Waals surface area contributed by atoms with Gasteiger partial charge in [-0.05, 0) is 47.0 Å². The van der Waals surface area contributed by atoms with Gasteiger partial charge in [0.25, 0.3) is 0 Å². The van der Waals surface area contributed by atoms with E-state index in [1.165, 1.54) is 0 Å². The van der Waals surface area contributed by atoms with E-state index in [9.17, 15) is 4.39 Å². The molecule has 1 nitrogen and oxygen atoms in total. The minimum atomic E-state index is -0.201. The molecule has 0 atom stereocenters. The summed E-state index contributed by atoms with van der Waals surface area (Å²) in [5.41, 5.74) is 2.27. The van der Waals surface area contributed by atoms with E-state index in [1.54, 1.807) is 23.5 Å². The zero-order valence-electron chi connectivity index (χ0n) is 9.05. The first-order chi connectivity index (χ1) is 7.61. The van der Waals surface area contributed by atoms with Gasteiger partial charge in [-0.3, -0.25) is 0 Å². The van der Waals surface area contributed by atoms with Crippen LogP contribution in [0.4, 0.5) is 4.39 Å². The van der Waals surface area contributed by atoms with Gasteiger partial charge in [-0.15, -0.1) is 11.3 Å². The van der Waals surface area contributed by atoms with E-state index in [4.69, 9.17) is 0 Å². The molecule has 4 heteroatoms. The van der Waals surface area contributed by atoms with Crippen molar-refractivity contribution in [2.75, 3.05) is 0 Å². The fourth-order valence-corrected chi connectivity index (χ4v) is 3.09. The largest absolute Gasteiger partial charge is 0.229 e. The number of nitrogens with zero attached hydrogens (tertiary/aromatic N) is 1. The molecule has 0 saturated heterocycles. The number of hydrogen-bond donors (Lipinski definition) is 0. The topological polar surface area (TPSA) is 12.9 Å². The molecule has 1 aromatic heterocycles. The highest BCUT2D eigenvalue weighted by molar-refractivity contribution is 9.11. The number of aromatic nitrogens is 1. The maximum absolute atomic E-state index is 13.8. The first kappa shape index (κ1) is 11.7. The van der Waals surface area contributed by atoms with Crippen molar-refractivity contribution in [1.29, 1.82) is 0 Å². The van der Waals surface area contributed by atoms with Crippen LogP contribution in [0.2, 0.25) is 0 Å². The first-order valence-corrected chi connectivity index (χ1v) is 6.64. The number of aryl methyl sites for hydroxylation is 2. The number of halogens is 2. The standard InChI is InChI=1S/C12H11BrFNS/c1-3-10-11(15-12(13)16-10)8-5-4-7(2)6-9(8)14/h4-6H,3H2,1-2H3. The van der Waals surface area contributed by atoms with Crippen LogP contribution in [0.3, 0.4) is 0 Å². The zero-order chi connectivity index (χ0) is 11.7. The Bertz CT molecular complexity index is 522. The second kappa shape index (κ2) is 4.63. The number of thiazole rings is 1. The lowest BCUT2D eigenvalue weighted by Gasteiger charge is -2.03.